The molecular formula is C14H14N2O2. The summed E-state index contributed by atoms with van der Waals surface area (Å²) in [4.78, 5) is 11.3. The largest absolute Gasteiger partial charge is 0.481 e. The van der Waals surface area contributed by atoms with Gasteiger partial charge in [0.1, 0.15) is 5.92 Å². The lowest BCUT2D eigenvalue weighted by Gasteiger charge is -2.11. The van der Waals surface area contributed by atoms with Crippen molar-refractivity contribution in [3.8, 4) is 0 Å². The number of hydrogen-bond donors (Lipinski definition) is 1. The molecule has 1 aromatic heterocycles. The van der Waals surface area contributed by atoms with E-state index >= 15 is 0 Å². The van der Waals surface area contributed by atoms with Gasteiger partial charge in [0.2, 0.25) is 0 Å². The maximum absolute atomic E-state index is 11.3. The highest BCUT2D eigenvalue weighted by atomic mass is 16.4. The molecule has 1 aromatic carbocycles. The van der Waals surface area contributed by atoms with Crippen molar-refractivity contribution < 1.29 is 9.90 Å². The van der Waals surface area contributed by atoms with Crippen LogP contribution < -0.4 is 0 Å². The Morgan fingerprint density at radius 3 is 2.44 bits per heavy atom. The Hall–Kier alpha value is -2.23. The highest BCUT2D eigenvalue weighted by Gasteiger charge is 2.22. The van der Waals surface area contributed by atoms with Gasteiger partial charge in [-0.05, 0) is 31.0 Å². The first-order valence-electron chi connectivity index (χ1n) is 5.74. The Labute approximate surface area is 105 Å². The lowest BCUT2D eigenvalue weighted by atomic mass is 9.96. The smallest absolute Gasteiger partial charge is 0.313 e. The first-order chi connectivity index (χ1) is 8.66. The van der Waals surface area contributed by atoms with Gasteiger partial charge in [-0.2, -0.15) is 10.2 Å². The van der Waals surface area contributed by atoms with Crippen molar-refractivity contribution in [2.45, 2.75) is 19.3 Å². The van der Waals surface area contributed by atoms with Gasteiger partial charge < -0.3 is 5.11 Å². The van der Waals surface area contributed by atoms with E-state index in [9.17, 15) is 9.90 Å². The molecule has 0 fully saturated rings. The van der Waals surface area contributed by atoms with Crippen molar-refractivity contribution in [3.05, 3.63) is 59.4 Å². The van der Waals surface area contributed by atoms with Crippen LogP contribution in [-0.4, -0.2) is 21.3 Å². The van der Waals surface area contributed by atoms with Crippen LogP contribution in [0.15, 0.2) is 42.5 Å². The minimum absolute atomic E-state index is 0.425. The molecule has 1 N–H and O–H groups in total. The molecule has 0 aliphatic rings. The topological polar surface area (TPSA) is 63.1 Å². The molecule has 0 aliphatic carbocycles. The molecule has 2 aromatic rings. The summed E-state index contributed by atoms with van der Waals surface area (Å²) in [5.41, 5.74) is 2.26. The monoisotopic (exact) mass is 242 g/mol. The normalized spacial score (nSPS) is 12.1. The van der Waals surface area contributed by atoms with Crippen molar-refractivity contribution in [1.29, 1.82) is 0 Å². The number of rotatable bonds is 4. The number of carbonyl (C=O) groups is 1. The standard InChI is InChI=1S/C14H14N2O2/c1-10-7-8-13(16-15-10)12(14(17)18)9-11-5-3-2-4-6-11/h2-8,12H,9H2,1H3,(H,17,18). The second kappa shape index (κ2) is 5.40. The molecule has 2 rings (SSSR count). The van der Waals surface area contributed by atoms with E-state index < -0.39 is 11.9 Å². The molecule has 18 heavy (non-hydrogen) atoms. The van der Waals surface area contributed by atoms with E-state index in [2.05, 4.69) is 10.2 Å². The van der Waals surface area contributed by atoms with Gasteiger partial charge in [0, 0.05) is 0 Å². The van der Waals surface area contributed by atoms with Crippen molar-refractivity contribution in [2.75, 3.05) is 0 Å². The van der Waals surface area contributed by atoms with E-state index in [0.29, 0.717) is 12.1 Å². The van der Waals surface area contributed by atoms with Crippen LogP contribution in [0, 0.1) is 6.92 Å². The fourth-order valence-electron chi connectivity index (χ4n) is 1.76. The van der Waals surface area contributed by atoms with Crippen LogP contribution in [0.3, 0.4) is 0 Å². The van der Waals surface area contributed by atoms with Crippen molar-refractivity contribution >= 4 is 5.97 Å². The lowest BCUT2D eigenvalue weighted by Crippen LogP contribution is -2.16. The quantitative estimate of drug-likeness (QED) is 0.892. The number of benzene rings is 1. The fraction of sp³-hybridized carbons (Fsp3) is 0.214. The van der Waals surface area contributed by atoms with Crippen molar-refractivity contribution in [2.24, 2.45) is 0 Å². The number of aliphatic carboxylic acids is 1. The van der Waals surface area contributed by atoms with Crippen LogP contribution >= 0.6 is 0 Å². The van der Waals surface area contributed by atoms with Gasteiger partial charge in [0.15, 0.2) is 0 Å². The van der Waals surface area contributed by atoms with Gasteiger partial charge in [0.05, 0.1) is 11.4 Å². The van der Waals surface area contributed by atoms with E-state index in [1.807, 2.05) is 37.3 Å². The summed E-state index contributed by atoms with van der Waals surface area (Å²) in [6.07, 6.45) is 0.425. The molecule has 1 unspecified atom stereocenters. The zero-order chi connectivity index (χ0) is 13.0. The molecule has 4 heteroatoms. The molecule has 1 atom stereocenters. The van der Waals surface area contributed by atoms with Gasteiger partial charge in [-0.1, -0.05) is 30.3 Å². The summed E-state index contributed by atoms with van der Waals surface area (Å²) in [5, 5.41) is 17.2. The Balaban J connectivity index is 2.24. The van der Waals surface area contributed by atoms with Crippen molar-refractivity contribution in [3.63, 3.8) is 0 Å². The molecule has 0 bridgehead atoms. The maximum Gasteiger partial charge on any atom is 0.313 e. The second-order valence-electron chi connectivity index (χ2n) is 4.18. The highest BCUT2D eigenvalue weighted by molar-refractivity contribution is 5.75. The molecular weight excluding hydrogens is 228 g/mol. The van der Waals surface area contributed by atoms with E-state index in [-0.39, 0.29) is 0 Å². The van der Waals surface area contributed by atoms with Crippen LogP contribution in [0.4, 0.5) is 0 Å². The molecule has 0 amide bonds. The molecule has 1 heterocycles. The lowest BCUT2D eigenvalue weighted by molar-refractivity contribution is -0.138. The predicted molar refractivity (Wildman–Crippen MR) is 67.3 cm³/mol. The molecule has 0 aliphatic heterocycles. The number of nitrogens with zero attached hydrogens (tertiary/aromatic N) is 2. The van der Waals surface area contributed by atoms with Gasteiger partial charge in [-0.15, -0.1) is 0 Å². The van der Waals surface area contributed by atoms with Gasteiger partial charge in [-0.3, -0.25) is 4.79 Å². The first-order valence-corrected chi connectivity index (χ1v) is 5.74. The number of aryl methyl sites for hydroxylation is 1. The van der Waals surface area contributed by atoms with Crippen LogP contribution in [0.5, 0.6) is 0 Å². The Morgan fingerprint density at radius 2 is 1.89 bits per heavy atom. The van der Waals surface area contributed by atoms with Crippen molar-refractivity contribution in [1.82, 2.24) is 10.2 Å². The van der Waals surface area contributed by atoms with Crippen LogP contribution in [-0.2, 0) is 11.2 Å². The number of carboxylic acid groups (broad SMARTS) is 1. The summed E-state index contributed by atoms with van der Waals surface area (Å²) in [6.45, 7) is 1.82. The fourth-order valence-corrected chi connectivity index (χ4v) is 1.76. The molecule has 92 valence electrons. The van der Waals surface area contributed by atoms with E-state index in [0.717, 1.165) is 11.3 Å². The Bertz CT molecular complexity index is 523. The minimum atomic E-state index is -0.878. The van der Waals surface area contributed by atoms with E-state index in [4.69, 9.17) is 0 Å². The van der Waals surface area contributed by atoms with Crippen LogP contribution in [0.1, 0.15) is 22.9 Å². The van der Waals surface area contributed by atoms with Gasteiger partial charge in [0.25, 0.3) is 0 Å². The number of aromatic nitrogens is 2. The summed E-state index contributed by atoms with van der Waals surface area (Å²) in [5.74, 6) is -1.53. The maximum atomic E-state index is 11.3. The van der Waals surface area contributed by atoms with Gasteiger partial charge >= 0.3 is 5.97 Å². The number of carboxylic acids is 1. The van der Waals surface area contributed by atoms with Gasteiger partial charge in [-0.25, -0.2) is 0 Å². The summed E-state index contributed by atoms with van der Waals surface area (Å²) in [7, 11) is 0. The zero-order valence-corrected chi connectivity index (χ0v) is 10.1. The number of hydrogen-bond acceptors (Lipinski definition) is 3. The van der Waals surface area contributed by atoms with Crippen LogP contribution in [0.2, 0.25) is 0 Å². The zero-order valence-electron chi connectivity index (χ0n) is 10.1. The molecule has 0 saturated heterocycles. The average Bonchev–Trinajstić information content (AvgIpc) is 2.38. The van der Waals surface area contributed by atoms with Crippen LogP contribution in [0.25, 0.3) is 0 Å². The van der Waals surface area contributed by atoms with E-state index in [1.54, 1.807) is 12.1 Å². The molecule has 0 spiro atoms. The SMILES string of the molecule is Cc1ccc(C(Cc2ccccc2)C(=O)O)nn1. The average molecular weight is 242 g/mol. The minimum Gasteiger partial charge on any atom is -0.481 e. The third kappa shape index (κ3) is 2.91. The first kappa shape index (κ1) is 12.2. The third-order valence-corrected chi connectivity index (χ3v) is 2.76. The summed E-state index contributed by atoms with van der Waals surface area (Å²) >= 11 is 0. The molecule has 4 nitrogen and oxygen atoms in total. The highest BCUT2D eigenvalue weighted by Crippen LogP contribution is 2.19. The molecule has 0 radical (unpaired) electrons. The summed E-state index contributed by atoms with van der Waals surface area (Å²) < 4.78 is 0. The van der Waals surface area contributed by atoms with E-state index in [1.165, 1.54) is 0 Å². The Morgan fingerprint density at radius 1 is 1.17 bits per heavy atom. The molecule has 0 saturated carbocycles. The second-order valence-corrected chi connectivity index (χ2v) is 4.18. The predicted octanol–water partition coefficient (Wildman–Crippen LogP) is 2.20. The third-order valence-electron chi connectivity index (χ3n) is 2.76. The summed E-state index contributed by atoms with van der Waals surface area (Å²) in [6, 6.07) is 13.0. The Kier molecular flexibility index (Phi) is 3.67.